The molecule has 0 atom stereocenters. The number of hydrogen-bond acceptors (Lipinski definition) is 4. The van der Waals surface area contributed by atoms with Crippen LogP contribution in [-0.2, 0) is 6.54 Å². The Hall–Kier alpha value is -2.07. The first-order valence-corrected chi connectivity index (χ1v) is 5.06. The first-order valence-electron chi connectivity index (χ1n) is 5.06. The minimum Gasteiger partial charge on any atom is -0.384 e. The minimum absolute atomic E-state index is 0.506. The highest BCUT2D eigenvalue weighted by atomic mass is 14.9. The lowest BCUT2D eigenvalue weighted by Gasteiger charge is -2.10. The molecule has 0 bridgehead atoms. The average Bonchev–Trinajstić information content (AvgIpc) is 2.33. The van der Waals surface area contributed by atoms with Crippen LogP contribution in [0.2, 0.25) is 0 Å². The van der Waals surface area contributed by atoms with Crippen LogP contribution in [0.4, 0.5) is 17.2 Å². The second kappa shape index (κ2) is 4.63. The number of para-hydroxylation sites is 1. The van der Waals surface area contributed by atoms with E-state index in [1.807, 2.05) is 30.3 Å². The quantitative estimate of drug-likeness (QED) is 0.729. The average molecular weight is 214 g/mol. The largest absolute Gasteiger partial charge is 0.384 e. The number of pyridine rings is 1. The molecule has 2 rings (SSSR count). The summed E-state index contributed by atoms with van der Waals surface area (Å²) in [6.07, 6.45) is 1.70. The molecule has 1 heterocycles. The number of rotatable bonds is 3. The number of anilines is 3. The fourth-order valence-corrected chi connectivity index (χ4v) is 1.45. The SMILES string of the molecule is NCc1ccccc1Nc1ccc(N)nc1. The zero-order chi connectivity index (χ0) is 11.4. The van der Waals surface area contributed by atoms with Gasteiger partial charge in [-0.2, -0.15) is 0 Å². The molecule has 0 unspecified atom stereocenters. The Balaban J connectivity index is 2.23. The van der Waals surface area contributed by atoms with Crippen LogP contribution in [0.5, 0.6) is 0 Å². The molecule has 82 valence electrons. The lowest BCUT2D eigenvalue weighted by atomic mass is 10.2. The molecule has 0 aliphatic rings. The summed E-state index contributed by atoms with van der Waals surface area (Å²) in [5.74, 6) is 0.512. The predicted molar refractivity (Wildman–Crippen MR) is 66.3 cm³/mol. The molecule has 0 aliphatic heterocycles. The van der Waals surface area contributed by atoms with Crippen LogP contribution >= 0.6 is 0 Å². The van der Waals surface area contributed by atoms with Gasteiger partial charge in [0.25, 0.3) is 0 Å². The van der Waals surface area contributed by atoms with Crippen LogP contribution in [0.25, 0.3) is 0 Å². The number of aromatic nitrogens is 1. The molecule has 2 aromatic rings. The van der Waals surface area contributed by atoms with Crippen molar-refractivity contribution in [2.75, 3.05) is 11.1 Å². The Morgan fingerprint density at radius 2 is 1.94 bits per heavy atom. The topological polar surface area (TPSA) is 77.0 Å². The van der Waals surface area contributed by atoms with Crippen molar-refractivity contribution in [1.82, 2.24) is 4.98 Å². The molecule has 0 spiro atoms. The summed E-state index contributed by atoms with van der Waals surface area (Å²) in [7, 11) is 0. The molecule has 0 saturated carbocycles. The van der Waals surface area contributed by atoms with Gasteiger partial charge in [0.2, 0.25) is 0 Å². The van der Waals surface area contributed by atoms with Crippen molar-refractivity contribution >= 4 is 17.2 Å². The molecule has 0 amide bonds. The highest BCUT2D eigenvalue weighted by molar-refractivity contribution is 5.63. The molecule has 16 heavy (non-hydrogen) atoms. The van der Waals surface area contributed by atoms with Crippen LogP contribution in [-0.4, -0.2) is 4.98 Å². The van der Waals surface area contributed by atoms with E-state index < -0.39 is 0 Å². The van der Waals surface area contributed by atoms with Crippen LogP contribution in [0.1, 0.15) is 5.56 Å². The van der Waals surface area contributed by atoms with Gasteiger partial charge in [0, 0.05) is 12.2 Å². The van der Waals surface area contributed by atoms with Crippen molar-refractivity contribution in [2.24, 2.45) is 5.73 Å². The lowest BCUT2D eigenvalue weighted by Crippen LogP contribution is -2.02. The van der Waals surface area contributed by atoms with E-state index in [4.69, 9.17) is 11.5 Å². The van der Waals surface area contributed by atoms with Gasteiger partial charge >= 0.3 is 0 Å². The summed E-state index contributed by atoms with van der Waals surface area (Å²) >= 11 is 0. The van der Waals surface area contributed by atoms with Gasteiger partial charge in [0.15, 0.2) is 0 Å². The van der Waals surface area contributed by atoms with E-state index in [9.17, 15) is 0 Å². The van der Waals surface area contributed by atoms with Gasteiger partial charge in [-0.1, -0.05) is 18.2 Å². The predicted octanol–water partition coefficient (Wildman–Crippen LogP) is 1.87. The van der Waals surface area contributed by atoms with Crippen molar-refractivity contribution in [3.8, 4) is 0 Å². The van der Waals surface area contributed by atoms with E-state index in [1.54, 1.807) is 12.3 Å². The van der Waals surface area contributed by atoms with Crippen LogP contribution < -0.4 is 16.8 Å². The molecule has 4 heteroatoms. The van der Waals surface area contributed by atoms with Gasteiger partial charge in [-0.25, -0.2) is 4.98 Å². The first-order chi connectivity index (χ1) is 7.79. The third kappa shape index (κ3) is 2.29. The zero-order valence-electron chi connectivity index (χ0n) is 8.85. The summed E-state index contributed by atoms with van der Waals surface area (Å²) in [5, 5.41) is 3.25. The van der Waals surface area contributed by atoms with Gasteiger partial charge in [-0.15, -0.1) is 0 Å². The van der Waals surface area contributed by atoms with Crippen LogP contribution in [0, 0.1) is 0 Å². The Morgan fingerprint density at radius 1 is 1.12 bits per heavy atom. The minimum atomic E-state index is 0.506. The number of hydrogen-bond donors (Lipinski definition) is 3. The maximum Gasteiger partial charge on any atom is 0.123 e. The molecule has 0 radical (unpaired) electrons. The Bertz CT molecular complexity index is 465. The summed E-state index contributed by atoms with van der Waals surface area (Å²) in [6, 6.07) is 11.6. The van der Waals surface area contributed by atoms with Crippen LogP contribution in [0.15, 0.2) is 42.6 Å². The van der Waals surface area contributed by atoms with E-state index in [2.05, 4.69) is 10.3 Å². The molecule has 1 aromatic carbocycles. The monoisotopic (exact) mass is 214 g/mol. The summed E-state index contributed by atoms with van der Waals surface area (Å²) in [6.45, 7) is 0.506. The zero-order valence-corrected chi connectivity index (χ0v) is 8.85. The molecule has 0 saturated heterocycles. The number of nitrogens with one attached hydrogen (secondary N) is 1. The van der Waals surface area contributed by atoms with Crippen LogP contribution in [0.3, 0.4) is 0 Å². The smallest absolute Gasteiger partial charge is 0.123 e. The van der Waals surface area contributed by atoms with E-state index in [1.165, 1.54) is 0 Å². The van der Waals surface area contributed by atoms with E-state index >= 15 is 0 Å². The van der Waals surface area contributed by atoms with E-state index in [0.29, 0.717) is 12.4 Å². The van der Waals surface area contributed by atoms with Gasteiger partial charge in [0.1, 0.15) is 5.82 Å². The molecule has 5 N–H and O–H groups in total. The van der Waals surface area contributed by atoms with Gasteiger partial charge in [-0.05, 0) is 23.8 Å². The normalized spacial score (nSPS) is 10.1. The van der Waals surface area contributed by atoms with Crippen molar-refractivity contribution in [3.63, 3.8) is 0 Å². The highest BCUT2D eigenvalue weighted by Crippen LogP contribution is 2.20. The van der Waals surface area contributed by atoms with Gasteiger partial charge in [0.05, 0.1) is 11.9 Å². The van der Waals surface area contributed by atoms with E-state index in [0.717, 1.165) is 16.9 Å². The molecular formula is C12H14N4. The van der Waals surface area contributed by atoms with Crippen molar-refractivity contribution < 1.29 is 0 Å². The summed E-state index contributed by atoms with van der Waals surface area (Å²) in [4.78, 5) is 4.01. The van der Waals surface area contributed by atoms with Crippen molar-refractivity contribution in [2.45, 2.75) is 6.54 Å². The van der Waals surface area contributed by atoms with E-state index in [-0.39, 0.29) is 0 Å². The molecule has 4 nitrogen and oxygen atoms in total. The Labute approximate surface area is 94.3 Å². The fraction of sp³-hybridized carbons (Fsp3) is 0.0833. The number of nitrogen functional groups attached to an aromatic ring is 1. The summed E-state index contributed by atoms with van der Waals surface area (Å²) in [5.41, 5.74) is 14.1. The third-order valence-corrected chi connectivity index (χ3v) is 2.30. The maximum absolute atomic E-state index is 5.65. The second-order valence-electron chi connectivity index (χ2n) is 3.46. The number of benzene rings is 1. The Morgan fingerprint density at radius 3 is 2.62 bits per heavy atom. The second-order valence-corrected chi connectivity index (χ2v) is 3.46. The molecule has 0 aliphatic carbocycles. The van der Waals surface area contributed by atoms with Gasteiger partial charge < -0.3 is 16.8 Å². The Kier molecular flexibility index (Phi) is 3.03. The lowest BCUT2D eigenvalue weighted by molar-refractivity contribution is 1.07. The number of nitrogens with two attached hydrogens (primary N) is 2. The molecule has 1 aromatic heterocycles. The fourth-order valence-electron chi connectivity index (χ4n) is 1.45. The highest BCUT2D eigenvalue weighted by Gasteiger charge is 2.00. The number of nitrogens with zero attached hydrogens (tertiary/aromatic N) is 1. The van der Waals surface area contributed by atoms with Crippen molar-refractivity contribution in [3.05, 3.63) is 48.2 Å². The standard InChI is InChI=1S/C12H14N4/c13-7-9-3-1-2-4-11(9)16-10-5-6-12(14)15-8-10/h1-6,8,16H,7,13H2,(H2,14,15). The van der Waals surface area contributed by atoms with Gasteiger partial charge in [-0.3, -0.25) is 0 Å². The molecule has 0 fully saturated rings. The van der Waals surface area contributed by atoms with Crippen molar-refractivity contribution in [1.29, 1.82) is 0 Å². The first kappa shape index (κ1) is 10.4. The maximum atomic E-state index is 5.65. The third-order valence-electron chi connectivity index (χ3n) is 2.30. The molecular weight excluding hydrogens is 200 g/mol. The summed E-state index contributed by atoms with van der Waals surface area (Å²) < 4.78 is 0.